The van der Waals surface area contributed by atoms with Gasteiger partial charge in [0.25, 0.3) is 0 Å². The lowest BCUT2D eigenvalue weighted by molar-refractivity contribution is -0.143. The number of carbonyl (C=O) groups excluding carboxylic acids is 4. The first kappa shape index (κ1) is 43.8. The highest BCUT2D eigenvalue weighted by atomic mass is 16.6. The van der Waals surface area contributed by atoms with Crippen LogP contribution in [0.3, 0.4) is 0 Å². The predicted molar refractivity (Wildman–Crippen MR) is 200 cm³/mol. The molecule has 0 aromatic rings. The standard InChI is InChI=1S/2C11H16O2.2C10H14O2/c1-8(2)11(12)13-10-6-4-5-9(3)7-10;1-8(2)11(12)13-10-7-5-4-6-9(10)3;1-7(2)10(11)12-9-5-4-8(3)6-9;1-7(2)10(11)12-9-6-4-5-8(9)3/h7,10H,1,4-6H2,2-3H3;6,10H,1,4-5,7H2,2-3H3;6,9H,1,4-5H2,2-3H3;5,9H,1,4,6H2,2-3H3. The summed E-state index contributed by atoms with van der Waals surface area (Å²) in [6.45, 7) is 28.9. The van der Waals surface area contributed by atoms with Crippen LogP contribution in [0.15, 0.2) is 95.2 Å². The van der Waals surface area contributed by atoms with Crippen LogP contribution in [0.1, 0.15) is 120 Å². The predicted octanol–water partition coefficient (Wildman–Crippen LogP) is 9.64. The van der Waals surface area contributed by atoms with Gasteiger partial charge in [-0.3, -0.25) is 0 Å². The molecule has 0 saturated heterocycles. The van der Waals surface area contributed by atoms with E-state index in [1.165, 1.54) is 16.7 Å². The van der Waals surface area contributed by atoms with Crippen molar-refractivity contribution >= 4 is 23.9 Å². The Morgan fingerprint density at radius 1 is 0.520 bits per heavy atom. The lowest BCUT2D eigenvalue weighted by Gasteiger charge is -2.21. The molecule has 0 aromatic heterocycles. The van der Waals surface area contributed by atoms with E-state index in [4.69, 9.17) is 18.9 Å². The van der Waals surface area contributed by atoms with Gasteiger partial charge in [-0.15, -0.1) is 0 Å². The van der Waals surface area contributed by atoms with Crippen molar-refractivity contribution in [1.29, 1.82) is 0 Å². The smallest absolute Gasteiger partial charge is 0.333 e. The maximum atomic E-state index is 11.2. The zero-order valence-corrected chi connectivity index (χ0v) is 31.8. The summed E-state index contributed by atoms with van der Waals surface area (Å²) in [5.74, 6) is -1.13. The largest absolute Gasteiger partial charge is 0.455 e. The molecule has 0 heterocycles. The number of hydrogen-bond acceptors (Lipinski definition) is 8. The second kappa shape index (κ2) is 22.5. The van der Waals surface area contributed by atoms with Gasteiger partial charge in [0.2, 0.25) is 0 Å². The fraction of sp³-hybridized carbons (Fsp3) is 0.524. The highest BCUT2D eigenvalue weighted by molar-refractivity contribution is 5.88. The lowest BCUT2D eigenvalue weighted by atomic mass is 9.98. The Morgan fingerprint density at radius 2 is 0.920 bits per heavy atom. The molecule has 0 aliphatic heterocycles. The van der Waals surface area contributed by atoms with Crippen LogP contribution in [0, 0.1) is 0 Å². The van der Waals surface area contributed by atoms with Crippen molar-refractivity contribution < 1.29 is 38.1 Å². The molecule has 8 heteroatoms. The molecular weight excluding hydrogens is 632 g/mol. The van der Waals surface area contributed by atoms with Gasteiger partial charge in [0, 0.05) is 22.3 Å². The van der Waals surface area contributed by atoms with Crippen molar-refractivity contribution in [2.45, 2.75) is 144 Å². The van der Waals surface area contributed by atoms with E-state index < -0.39 is 0 Å². The van der Waals surface area contributed by atoms with E-state index in [0.29, 0.717) is 22.3 Å². The van der Waals surface area contributed by atoms with Gasteiger partial charge in [0.1, 0.15) is 24.4 Å². The second-order valence-corrected chi connectivity index (χ2v) is 13.7. The van der Waals surface area contributed by atoms with E-state index in [1.54, 1.807) is 27.7 Å². The summed E-state index contributed by atoms with van der Waals surface area (Å²) in [6.07, 6.45) is 18.4. The first-order valence-electron chi connectivity index (χ1n) is 17.5. The Kier molecular flexibility index (Phi) is 19.7. The van der Waals surface area contributed by atoms with Gasteiger partial charge in [0.15, 0.2) is 0 Å². The van der Waals surface area contributed by atoms with E-state index >= 15 is 0 Å². The summed E-state index contributed by atoms with van der Waals surface area (Å²) in [4.78, 5) is 44.5. The summed E-state index contributed by atoms with van der Waals surface area (Å²) in [5, 5.41) is 0. The number of allylic oxidation sites excluding steroid dienone is 4. The highest BCUT2D eigenvalue weighted by Gasteiger charge is 2.21. The summed E-state index contributed by atoms with van der Waals surface area (Å²) < 4.78 is 20.8. The molecule has 0 amide bonds. The van der Waals surface area contributed by atoms with Crippen molar-refractivity contribution in [1.82, 2.24) is 0 Å². The minimum Gasteiger partial charge on any atom is -0.455 e. The molecule has 0 aromatic carbocycles. The van der Waals surface area contributed by atoms with Crippen molar-refractivity contribution in [3.05, 3.63) is 95.2 Å². The van der Waals surface area contributed by atoms with Crippen LogP contribution in [-0.4, -0.2) is 48.3 Å². The number of carbonyl (C=O) groups is 4. The summed E-state index contributed by atoms with van der Waals surface area (Å²) in [5.41, 5.74) is 6.81. The van der Waals surface area contributed by atoms with E-state index in [1.807, 2.05) is 26.0 Å². The lowest BCUT2D eigenvalue weighted by Crippen LogP contribution is -2.21. The Bertz CT molecular complexity index is 1400. The summed E-state index contributed by atoms with van der Waals surface area (Å²) in [6, 6.07) is 0. The number of ether oxygens (including phenoxy) is 4. The van der Waals surface area contributed by atoms with Crippen LogP contribution in [0.5, 0.6) is 0 Å². The molecule has 4 atom stereocenters. The average molecular weight is 693 g/mol. The van der Waals surface area contributed by atoms with Crippen LogP contribution >= 0.6 is 0 Å². The molecule has 4 rings (SSSR count). The molecule has 0 radical (unpaired) electrons. The summed E-state index contributed by atoms with van der Waals surface area (Å²) in [7, 11) is 0. The molecule has 0 bridgehead atoms. The third-order valence-electron chi connectivity index (χ3n) is 8.28. The molecule has 50 heavy (non-hydrogen) atoms. The zero-order valence-electron chi connectivity index (χ0n) is 31.8. The first-order chi connectivity index (χ1) is 23.4. The van der Waals surface area contributed by atoms with Gasteiger partial charge >= 0.3 is 23.9 Å². The van der Waals surface area contributed by atoms with E-state index in [2.05, 4.69) is 52.3 Å². The maximum Gasteiger partial charge on any atom is 0.333 e. The third kappa shape index (κ3) is 17.5. The molecule has 4 aliphatic carbocycles. The zero-order chi connectivity index (χ0) is 38.0. The molecular formula is C42H60O8. The molecule has 276 valence electrons. The normalized spacial score (nSPS) is 21.9. The number of rotatable bonds is 8. The Balaban J connectivity index is 0.000000334. The van der Waals surface area contributed by atoms with Gasteiger partial charge in [0.05, 0.1) is 0 Å². The van der Waals surface area contributed by atoms with E-state index in [-0.39, 0.29) is 48.3 Å². The minimum absolute atomic E-state index is 0.00537. The average Bonchev–Trinajstić information content (AvgIpc) is 3.65. The molecule has 4 aliphatic rings. The van der Waals surface area contributed by atoms with E-state index in [9.17, 15) is 19.2 Å². The Hall–Kier alpha value is -4.20. The molecule has 0 N–H and O–H groups in total. The van der Waals surface area contributed by atoms with Crippen molar-refractivity contribution in [2.24, 2.45) is 0 Å². The van der Waals surface area contributed by atoms with E-state index in [0.717, 1.165) is 69.8 Å². The van der Waals surface area contributed by atoms with Crippen LogP contribution in [0.2, 0.25) is 0 Å². The quantitative estimate of drug-likeness (QED) is 0.107. The van der Waals surface area contributed by atoms with Crippen LogP contribution in [0.25, 0.3) is 0 Å². The van der Waals surface area contributed by atoms with Crippen molar-refractivity contribution in [3.8, 4) is 0 Å². The maximum absolute atomic E-state index is 11.2. The Labute approximate surface area is 300 Å². The molecule has 0 fully saturated rings. The third-order valence-corrected chi connectivity index (χ3v) is 8.28. The molecule has 0 saturated carbocycles. The first-order valence-corrected chi connectivity index (χ1v) is 17.5. The minimum atomic E-state index is -0.286. The van der Waals surface area contributed by atoms with Gasteiger partial charge in [-0.1, -0.05) is 49.6 Å². The van der Waals surface area contributed by atoms with Gasteiger partial charge in [-0.25, -0.2) is 19.2 Å². The number of hydrogen-bond donors (Lipinski definition) is 0. The second-order valence-electron chi connectivity index (χ2n) is 13.7. The summed E-state index contributed by atoms with van der Waals surface area (Å²) >= 11 is 0. The Morgan fingerprint density at radius 3 is 1.30 bits per heavy atom. The van der Waals surface area contributed by atoms with Crippen LogP contribution in [-0.2, 0) is 38.1 Å². The van der Waals surface area contributed by atoms with Gasteiger partial charge in [-0.05, 0) is 143 Å². The van der Waals surface area contributed by atoms with Gasteiger partial charge < -0.3 is 18.9 Å². The molecule has 4 unspecified atom stereocenters. The van der Waals surface area contributed by atoms with Crippen molar-refractivity contribution in [2.75, 3.05) is 0 Å². The fourth-order valence-corrected chi connectivity index (χ4v) is 5.16. The molecule has 0 spiro atoms. The fourth-order valence-electron chi connectivity index (χ4n) is 5.16. The molecule has 8 nitrogen and oxygen atoms in total. The monoisotopic (exact) mass is 692 g/mol. The van der Waals surface area contributed by atoms with Crippen molar-refractivity contribution in [3.63, 3.8) is 0 Å². The van der Waals surface area contributed by atoms with Crippen LogP contribution < -0.4 is 0 Å². The number of esters is 4. The van der Waals surface area contributed by atoms with Crippen LogP contribution in [0.4, 0.5) is 0 Å². The SMILES string of the molecule is C=C(C)C(=O)OC1C=C(C)CC1.C=C(C)C(=O)OC1C=C(C)CCC1.C=C(C)C(=O)OC1CCC=C1C.C=C(C)C(=O)OC1CCCC=C1C. The van der Waals surface area contributed by atoms with Gasteiger partial charge in [-0.2, -0.15) is 0 Å². The highest BCUT2D eigenvalue weighted by Crippen LogP contribution is 2.23. The topological polar surface area (TPSA) is 105 Å².